The first-order valence-electron chi connectivity index (χ1n) is 8.44. The summed E-state index contributed by atoms with van der Waals surface area (Å²) in [6.07, 6.45) is 0. The number of carbonyl (C=O) groups is 1. The van der Waals surface area contributed by atoms with Crippen LogP contribution in [0.3, 0.4) is 0 Å². The number of amides is 1. The van der Waals surface area contributed by atoms with E-state index in [0.717, 1.165) is 22.3 Å². The number of rotatable bonds is 5. The fourth-order valence-corrected chi connectivity index (χ4v) is 3.71. The van der Waals surface area contributed by atoms with E-state index < -0.39 is 0 Å². The lowest BCUT2D eigenvalue weighted by Gasteiger charge is -2.19. The van der Waals surface area contributed by atoms with Crippen molar-refractivity contribution in [2.24, 2.45) is 0 Å². The fraction of sp³-hybridized carbons (Fsp3) is 0.150. The van der Waals surface area contributed by atoms with E-state index in [0.29, 0.717) is 17.4 Å². The highest BCUT2D eigenvalue weighted by atomic mass is 35.5. The van der Waals surface area contributed by atoms with Gasteiger partial charge in [-0.2, -0.15) is 0 Å². The first kappa shape index (κ1) is 17.7. The second-order valence-electron chi connectivity index (χ2n) is 6.23. The van der Waals surface area contributed by atoms with Crippen LogP contribution in [0.1, 0.15) is 5.56 Å². The highest BCUT2D eigenvalue weighted by molar-refractivity contribution is 7.07. The van der Waals surface area contributed by atoms with Gasteiger partial charge in [0.25, 0.3) is 0 Å². The van der Waals surface area contributed by atoms with Crippen molar-refractivity contribution in [3.8, 4) is 11.5 Å². The number of likely N-dealkylation sites (N-methyl/N-ethyl adjacent to an activating group) is 1. The number of carbonyl (C=O) groups excluding carboxylic acids is 1. The van der Waals surface area contributed by atoms with E-state index in [-0.39, 0.29) is 12.5 Å². The van der Waals surface area contributed by atoms with Crippen molar-refractivity contribution in [2.75, 3.05) is 7.05 Å². The molecule has 0 fully saturated rings. The molecular formula is C20H17ClN4OS. The Morgan fingerprint density at radius 3 is 2.74 bits per heavy atom. The second kappa shape index (κ2) is 7.50. The molecule has 4 rings (SSSR count). The summed E-state index contributed by atoms with van der Waals surface area (Å²) in [6, 6.07) is 15.4. The Morgan fingerprint density at radius 2 is 1.96 bits per heavy atom. The number of hydrogen-bond donors (Lipinski definition) is 0. The van der Waals surface area contributed by atoms with Crippen LogP contribution in [-0.2, 0) is 17.9 Å². The van der Waals surface area contributed by atoms with Gasteiger partial charge in [-0.1, -0.05) is 41.9 Å². The summed E-state index contributed by atoms with van der Waals surface area (Å²) in [5.74, 6) is 0.687. The second-order valence-corrected chi connectivity index (χ2v) is 7.35. The Hall–Kier alpha value is -2.70. The Bertz CT molecular complexity index is 1090. The summed E-state index contributed by atoms with van der Waals surface area (Å²) in [6.45, 7) is 0.644. The quantitative estimate of drug-likeness (QED) is 0.500. The normalized spacial score (nSPS) is 11.0. The predicted octanol–water partition coefficient (Wildman–Crippen LogP) is 4.47. The Kier molecular flexibility index (Phi) is 4.92. The highest BCUT2D eigenvalue weighted by Crippen LogP contribution is 2.25. The summed E-state index contributed by atoms with van der Waals surface area (Å²) in [5, 5.41) is 2.60. The van der Waals surface area contributed by atoms with E-state index in [1.807, 2.05) is 58.5 Å². The van der Waals surface area contributed by atoms with Crippen LogP contribution in [0.15, 0.2) is 59.4 Å². The smallest absolute Gasteiger partial charge is 0.242 e. The summed E-state index contributed by atoms with van der Waals surface area (Å²) in [5.41, 5.74) is 5.23. The minimum absolute atomic E-state index is 0.0189. The number of nitrogens with zero attached hydrogens (tertiary/aromatic N) is 4. The molecule has 4 aromatic rings. The average molecular weight is 397 g/mol. The lowest BCUT2D eigenvalue weighted by atomic mass is 10.2. The number of aromatic nitrogens is 3. The molecule has 7 heteroatoms. The van der Waals surface area contributed by atoms with Crippen LogP contribution in [0.25, 0.3) is 22.6 Å². The van der Waals surface area contributed by atoms with Crippen LogP contribution in [0.5, 0.6) is 0 Å². The standard InChI is InChI=1S/C20H17ClN4OS/c1-24(10-14-6-2-3-7-15(14)21)19(26)11-25-18-9-5-4-8-16(18)23-20(25)17-12-27-13-22-17/h2-9,12-13H,10-11H2,1H3. The van der Waals surface area contributed by atoms with Gasteiger partial charge in [-0.05, 0) is 23.8 Å². The number of halogens is 1. The van der Waals surface area contributed by atoms with Crippen molar-refractivity contribution in [1.82, 2.24) is 19.4 Å². The van der Waals surface area contributed by atoms with Crippen LogP contribution in [0.4, 0.5) is 0 Å². The van der Waals surface area contributed by atoms with Crippen LogP contribution in [0, 0.1) is 0 Å². The molecule has 2 aromatic heterocycles. The maximum Gasteiger partial charge on any atom is 0.242 e. The van der Waals surface area contributed by atoms with E-state index in [1.54, 1.807) is 17.5 Å². The SMILES string of the molecule is CN(Cc1ccccc1Cl)C(=O)Cn1c(-c2cscn2)nc2ccccc21. The monoisotopic (exact) mass is 396 g/mol. The van der Waals surface area contributed by atoms with Gasteiger partial charge in [0, 0.05) is 24.0 Å². The molecule has 0 aliphatic rings. The third kappa shape index (κ3) is 3.59. The number of fused-ring (bicyclic) bond motifs is 1. The van der Waals surface area contributed by atoms with Gasteiger partial charge in [-0.25, -0.2) is 9.97 Å². The van der Waals surface area contributed by atoms with Crippen molar-refractivity contribution >= 4 is 39.9 Å². The van der Waals surface area contributed by atoms with Crippen LogP contribution < -0.4 is 0 Å². The average Bonchev–Trinajstić information content (AvgIpc) is 3.32. The Labute approximate surface area is 165 Å². The summed E-state index contributed by atoms with van der Waals surface area (Å²) >= 11 is 7.73. The highest BCUT2D eigenvalue weighted by Gasteiger charge is 2.18. The van der Waals surface area contributed by atoms with Gasteiger partial charge in [-0.15, -0.1) is 11.3 Å². The van der Waals surface area contributed by atoms with Crippen LogP contribution in [0.2, 0.25) is 5.02 Å². The Balaban J connectivity index is 1.63. The molecule has 0 saturated heterocycles. The molecule has 2 aromatic carbocycles. The van der Waals surface area contributed by atoms with E-state index in [1.165, 1.54) is 11.3 Å². The summed E-state index contributed by atoms with van der Waals surface area (Å²) in [7, 11) is 1.79. The van der Waals surface area contributed by atoms with Crippen molar-refractivity contribution in [3.63, 3.8) is 0 Å². The summed E-state index contributed by atoms with van der Waals surface area (Å²) < 4.78 is 1.93. The molecule has 136 valence electrons. The van der Waals surface area contributed by atoms with E-state index in [4.69, 9.17) is 11.6 Å². The van der Waals surface area contributed by atoms with Gasteiger partial charge in [0.15, 0.2) is 5.82 Å². The molecule has 0 radical (unpaired) electrons. The van der Waals surface area contributed by atoms with Crippen molar-refractivity contribution in [3.05, 3.63) is 70.0 Å². The fourth-order valence-electron chi connectivity index (χ4n) is 2.98. The topological polar surface area (TPSA) is 51.0 Å². The lowest BCUT2D eigenvalue weighted by Crippen LogP contribution is -2.30. The van der Waals surface area contributed by atoms with E-state index >= 15 is 0 Å². The van der Waals surface area contributed by atoms with Gasteiger partial charge in [0.05, 0.1) is 16.5 Å². The molecule has 0 N–H and O–H groups in total. The van der Waals surface area contributed by atoms with Crippen molar-refractivity contribution in [1.29, 1.82) is 0 Å². The third-order valence-corrected chi connectivity index (χ3v) is 5.36. The maximum atomic E-state index is 12.9. The first-order valence-corrected chi connectivity index (χ1v) is 9.77. The zero-order valence-corrected chi connectivity index (χ0v) is 16.2. The number of benzene rings is 2. The molecule has 0 saturated carbocycles. The Morgan fingerprint density at radius 1 is 1.19 bits per heavy atom. The van der Waals surface area contributed by atoms with Crippen LogP contribution in [-0.4, -0.2) is 32.4 Å². The minimum Gasteiger partial charge on any atom is -0.340 e. The molecule has 0 spiro atoms. The molecule has 27 heavy (non-hydrogen) atoms. The van der Waals surface area contributed by atoms with Crippen molar-refractivity contribution < 1.29 is 4.79 Å². The zero-order chi connectivity index (χ0) is 18.8. The maximum absolute atomic E-state index is 12.9. The number of thiazole rings is 1. The van der Waals surface area contributed by atoms with Gasteiger partial charge in [0.2, 0.25) is 5.91 Å². The predicted molar refractivity (Wildman–Crippen MR) is 109 cm³/mol. The molecule has 0 unspecified atom stereocenters. The van der Waals surface area contributed by atoms with E-state index in [2.05, 4.69) is 9.97 Å². The molecule has 0 aliphatic carbocycles. The van der Waals surface area contributed by atoms with Gasteiger partial charge in [0.1, 0.15) is 12.2 Å². The molecule has 2 heterocycles. The molecule has 1 amide bonds. The molecule has 5 nitrogen and oxygen atoms in total. The van der Waals surface area contributed by atoms with Crippen molar-refractivity contribution in [2.45, 2.75) is 13.1 Å². The largest absolute Gasteiger partial charge is 0.340 e. The van der Waals surface area contributed by atoms with Gasteiger partial charge >= 0.3 is 0 Å². The van der Waals surface area contributed by atoms with Gasteiger partial charge in [-0.3, -0.25) is 4.79 Å². The molecular weight excluding hydrogens is 380 g/mol. The number of para-hydroxylation sites is 2. The number of imidazole rings is 1. The third-order valence-electron chi connectivity index (χ3n) is 4.40. The molecule has 0 atom stereocenters. The van der Waals surface area contributed by atoms with Crippen LogP contribution >= 0.6 is 22.9 Å². The first-order chi connectivity index (χ1) is 13.1. The number of hydrogen-bond acceptors (Lipinski definition) is 4. The minimum atomic E-state index is -0.0189. The lowest BCUT2D eigenvalue weighted by molar-refractivity contribution is -0.130. The van der Waals surface area contributed by atoms with E-state index in [9.17, 15) is 4.79 Å². The molecule has 0 aliphatic heterocycles. The zero-order valence-electron chi connectivity index (χ0n) is 14.7. The van der Waals surface area contributed by atoms with Gasteiger partial charge < -0.3 is 9.47 Å². The summed E-state index contributed by atoms with van der Waals surface area (Å²) in [4.78, 5) is 23.6. The molecule has 0 bridgehead atoms.